The summed E-state index contributed by atoms with van der Waals surface area (Å²) >= 11 is 1.24. The summed E-state index contributed by atoms with van der Waals surface area (Å²) < 4.78 is 0. The van der Waals surface area contributed by atoms with Gasteiger partial charge in [0.15, 0.2) is 11.3 Å². The van der Waals surface area contributed by atoms with Crippen LogP contribution >= 0.6 is 11.3 Å². The Morgan fingerprint density at radius 2 is 2.24 bits per heavy atom. The van der Waals surface area contributed by atoms with Gasteiger partial charge in [-0.3, -0.25) is 4.79 Å². The second kappa shape index (κ2) is 4.47. The average Bonchev–Trinajstić information content (AvgIpc) is 2.78. The van der Waals surface area contributed by atoms with E-state index in [1.54, 1.807) is 25.3 Å². The summed E-state index contributed by atoms with van der Waals surface area (Å²) in [6.45, 7) is 1.75. The number of carbonyl (C=O) groups excluding carboxylic acids is 1. The van der Waals surface area contributed by atoms with Crippen LogP contribution in [0.25, 0.3) is 10.4 Å². The number of benzene rings is 1. The van der Waals surface area contributed by atoms with Crippen LogP contribution in [0.5, 0.6) is 0 Å². The van der Waals surface area contributed by atoms with Gasteiger partial charge in [0, 0.05) is 6.20 Å². The lowest BCUT2D eigenvalue weighted by molar-refractivity contribution is 0.0696. The highest BCUT2D eigenvalue weighted by molar-refractivity contribution is 7.16. The van der Waals surface area contributed by atoms with Gasteiger partial charge in [-0.1, -0.05) is 12.1 Å². The smallest absolute Gasteiger partial charge is 0.335 e. The van der Waals surface area contributed by atoms with Crippen LogP contribution in [-0.2, 0) is 0 Å². The number of hydrogen-bond donors (Lipinski definition) is 1. The summed E-state index contributed by atoms with van der Waals surface area (Å²) in [6.07, 6.45) is 2.26. The van der Waals surface area contributed by atoms with E-state index in [2.05, 4.69) is 4.98 Å². The molecule has 0 aliphatic carbocycles. The van der Waals surface area contributed by atoms with Crippen LogP contribution in [0.4, 0.5) is 0 Å². The Bertz CT molecular complexity index is 589. The predicted molar refractivity (Wildman–Crippen MR) is 64.6 cm³/mol. The largest absolute Gasteiger partial charge is 0.478 e. The van der Waals surface area contributed by atoms with Crippen molar-refractivity contribution < 1.29 is 14.7 Å². The molecule has 2 aromatic rings. The van der Waals surface area contributed by atoms with E-state index < -0.39 is 5.97 Å². The number of aryl methyl sites for hydroxylation is 1. The molecule has 1 N–H and O–H groups in total. The van der Waals surface area contributed by atoms with E-state index in [0.29, 0.717) is 16.9 Å². The number of aromatic carboxylic acids is 1. The quantitative estimate of drug-likeness (QED) is 0.846. The molecule has 1 heterocycles. The van der Waals surface area contributed by atoms with Gasteiger partial charge >= 0.3 is 5.97 Å². The van der Waals surface area contributed by atoms with E-state index in [4.69, 9.17) is 5.11 Å². The number of aldehydes is 1. The zero-order chi connectivity index (χ0) is 12.4. The zero-order valence-electron chi connectivity index (χ0n) is 9.01. The molecule has 0 amide bonds. The van der Waals surface area contributed by atoms with Crippen LogP contribution in [0.2, 0.25) is 0 Å². The van der Waals surface area contributed by atoms with Crippen LogP contribution in [0.3, 0.4) is 0 Å². The van der Waals surface area contributed by atoms with Crippen molar-refractivity contribution in [1.29, 1.82) is 0 Å². The molecule has 0 saturated heterocycles. The van der Waals surface area contributed by atoms with Gasteiger partial charge in [0.1, 0.15) is 0 Å². The fourth-order valence-electron chi connectivity index (χ4n) is 1.48. The van der Waals surface area contributed by atoms with E-state index >= 15 is 0 Å². The fourth-order valence-corrected chi connectivity index (χ4v) is 2.21. The maximum absolute atomic E-state index is 11.0. The molecule has 1 aromatic heterocycles. The Morgan fingerprint density at radius 3 is 2.82 bits per heavy atom. The van der Waals surface area contributed by atoms with Crippen LogP contribution in [0.15, 0.2) is 24.4 Å². The van der Waals surface area contributed by atoms with E-state index in [1.165, 1.54) is 11.3 Å². The van der Waals surface area contributed by atoms with Gasteiger partial charge < -0.3 is 5.11 Å². The first-order valence-corrected chi connectivity index (χ1v) is 5.69. The number of carbonyl (C=O) groups is 2. The lowest BCUT2D eigenvalue weighted by Gasteiger charge is -2.03. The summed E-state index contributed by atoms with van der Waals surface area (Å²) in [5.41, 5.74) is 1.74. The lowest BCUT2D eigenvalue weighted by Crippen LogP contribution is -1.99. The topological polar surface area (TPSA) is 67.3 Å². The van der Waals surface area contributed by atoms with Crippen molar-refractivity contribution in [3.8, 4) is 10.4 Å². The molecule has 5 heteroatoms. The Labute approximate surface area is 102 Å². The molecular formula is C12H9NO3S. The third-order valence-corrected chi connectivity index (χ3v) is 3.35. The molecule has 0 unspecified atom stereocenters. The number of thiazole rings is 1. The summed E-state index contributed by atoms with van der Waals surface area (Å²) in [5, 5.41) is 9.41. The van der Waals surface area contributed by atoms with Gasteiger partial charge in [0.25, 0.3) is 0 Å². The van der Waals surface area contributed by atoms with Crippen molar-refractivity contribution in [2.24, 2.45) is 0 Å². The second-order valence-electron chi connectivity index (χ2n) is 3.52. The number of hydrogen-bond acceptors (Lipinski definition) is 4. The molecule has 4 nitrogen and oxygen atoms in total. The molecular weight excluding hydrogens is 238 g/mol. The number of nitrogens with zero attached hydrogens (tertiary/aromatic N) is 1. The van der Waals surface area contributed by atoms with Gasteiger partial charge in [-0.25, -0.2) is 9.78 Å². The van der Waals surface area contributed by atoms with E-state index in [1.807, 2.05) is 6.07 Å². The van der Waals surface area contributed by atoms with E-state index in [-0.39, 0.29) is 5.56 Å². The molecule has 86 valence electrons. The minimum absolute atomic E-state index is 0.267. The first kappa shape index (κ1) is 11.5. The highest BCUT2D eigenvalue weighted by atomic mass is 32.1. The molecule has 0 bridgehead atoms. The molecule has 0 atom stereocenters. The number of carboxylic acid groups (broad SMARTS) is 1. The van der Waals surface area contributed by atoms with Crippen molar-refractivity contribution in [2.75, 3.05) is 0 Å². The van der Waals surface area contributed by atoms with Gasteiger partial charge in [-0.2, -0.15) is 0 Å². The third kappa shape index (κ3) is 2.24. The molecule has 0 saturated carbocycles. The Morgan fingerprint density at radius 1 is 1.47 bits per heavy atom. The minimum atomic E-state index is -0.954. The number of carboxylic acids is 1. The fraction of sp³-hybridized carbons (Fsp3) is 0.0833. The molecule has 2 rings (SSSR count). The summed E-state index contributed by atoms with van der Waals surface area (Å²) in [7, 11) is 0. The zero-order valence-corrected chi connectivity index (χ0v) is 9.82. The molecule has 0 fully saturated rings. The van der Waals surface area contributed by atoms with Crippen LogP contribution < -0.4 is 0 Å². The van der Waals surface area contributed by atoms with E-state index in [9.17, 15) is 9.59 Å². The molecule has 17 heavy (non-hydrogen) atoms. The Balaban J connectivity index is 2.49. The second-order valence-corrected chi connectivity index (χ2v) is 4.58. The lowest BCUT2D eigenvalue weighted by atomic mass is 10.0. The SMILES string of the molecule is Cc1ccc(-c2cnc(C=O)s2)cc1C(=O)O. The summed E-state index contributed by atoms with van der Waals surface area (Å²) in [6, 6.07) is 5.17. The highest BCUT2D eigenvalue weighted by Crippen LogP contribution is 2.27. The van der Waals surface area contributed by atoms with Crippen molar-refractivity contribution in [3.05, 3.63) is 40.5 Å². The molecule has 0 aliphatic heterocycles. The summed E-state index contributed by atoms with van der Waals surface area (Å²) in [5.74, 6) is -0.954. The van der Waals surface area contributed by atoms with Gasteiger partial charge in [-0.15, -0.1) is 11.3 Å². The first-order chi connectivity index (χ1) is 8.11. The first-order valence-electron chi connectivity index (χ1n) is 4.87. The van der Waals surface area contributed by atoms with Crippen molar-refractivity contribution >= 4 is 23.6 Å². The standard InChI is InChI=1S/C12H9NO3S/c1-7-2-3-8(4-9(7)12(15)16)10-5-13-11(6-14)17-10/h2-6H,1H3,(H,15,16). The predicted octanol–water partition coefficient (Wildman–Crippen LogP) is 2.63. The normalized spacial score (nSPS) is 10.2. The Hall–Kier alpha value is -2.01. The number of rotatable bonds is 3. The molecule has 0 aliphatic rings. The van der Waals surface area contributed by atoms with Crippen molar-refractivity contribution in [1.82, 2.24) is 4.98 Å². The average molecular weight is 247 g/mol. The molecule has 1 aromatic carbocycles. The van der Waals surface area contributed by atoms with Crippen molar-refractivity contribution in [2.45, 2.75) is 6.92 Å². The maximum atomic E-state index is 11.0. The highest BCUT2D eigenvalue weighted by Gasteiger charge is 2.10. The number of aromatic nitrogens is 1. The van der Waals surface area contributed by atoms with Gasteiger partial charge in [0.05, 0.1) is 10.4 Å². The third-order valence-electron chi connectivity index (χ3n) is 2.38. The Kier molecular flexibility index (Phi) is 3.01. The van der Waals surface area contributed by atoms with Crippen molar-refractivity contribution in [3.63, 3.8) is 0 Å². The van der Waals surface area contributed by atoms with Crippen LogP contribution in [0, 0.1) is 6.92 Å². The van der Waals surface area contributed by atoms with Gasteiger partial charge in [0.2, 0.25) is 0 Å². The minimum Gasteiger partial charge on any atom is -0.478 e. The van der Waals surface area contributed by atoms with Crippen LogP contribution in [0.1, 0.15) is 25.7 Å². The monoisotopic (exact) mass is 247 g/mol. The molecule has 0 radical (unpaired) electrons. The van der Waals surface area contributed by atoms with Gasteiger partial charge in [-0.05, 0) is 24.1 Å². The molecule has 0 spiro atoms. The maximum Gasteiger partial charge on any atom is 0.335 e. The summed E-state index contributed by atoms with van der Waals surface area (Å²) in [4.78, 5) is 26.2. The van der Waals surface area contributed by atoms with Crippen LogP contribution in [-0.4, -0.2) is 22.3 Å². The van der Waals surface area contributed by atoms with E-state index in [0.717, 1.165) is 10.4 Å².